The number of aromatic nitrogens is 3. The molecule has 0 bridgehead atoms. The first kappa shape index (κ1) is 18.9. The van der Waals surface area contributed by atoms with Crippen LogP contribution in [0.25, 0.3) is 55.3 Å². The Bertz CT molecular complexity index is 1790. The largest absolute Gasteiger partial charge is 0.317 e. The van der Waals surface area contributed by atoms with Crippen LogP contribution in [0, 0.1) is 0 Å². The highest BCUT2D eigenvalue weighted by Crippen LogP contribution is 2.37. The molecule has 0 radical (unpaired) electrons. The number of fused-ring (bicyclic) bond motifs is 5. The molecular weight excluding hydrogens is 414 g/mol. The Morgan fingerprint density at radius 2 is 1.24 bits per heavy atom. The molecule has 0 aliphatic rings. The zero-order chi connectivity index (χ0) is 22.5. The fourth-order valence-corrected chi connectivity index (χ4v) is 5.10. The summed E-state index contributed by atoms with van der Waals surface area (Å²) in [6.45, 7) is 0. The molecule has 0 saturated carbocycles. The van der Waals surface area contributed by atoms with Gasteiger partial charge in [-0.25, -0.2) is 4.98 Å². The second-order valence-corrected chi connectivity index (χ2v) is 8.54. The monoisotopic (exact) mass is 435 g/mol. The van der Waals surface area contributed by atoms with Gasteiger partial charge in [0.05, 0.1) is 16.6 Å². The summed E-state index contributed by atoms with van der Waals surface area (Å²) < 4.78 is 4.55. The molecule has 0 aliphatic carbocycles. The first-order chi connectivity index (χ1) is 16.9. The van der Waals surface area contributed by atoms with E-state index in [0.717, 1.165) is 28.1 Å². The summed E-state index contributed by atoms with van der Waals surface area (Å²) in [5.41, 5.74) is 7.04. The number of hydrogen-bond donors (Lipinski definition) is 0. The van der Waals surface area contributed by atoms with Gasteiger partial charge in [-0.15, -0.1) is 0 Å². The van der Waals surface area contributed by atoms with Gasteiger partial charge in [-0.05, 0) is 59.7 Å². The minimum atomic E-state index is 0.925. The molecule has 0 atom stereocenters. The lowest BCUT2D eigenvalue weighted by molar-refractivity contribution is 1.08. The van der Waals surface area contributed by atoms with Crippen molar-refractivity contribution < 1.29 is 0 Å². The number of nitrogens with zero attached hydrogens (tertiary/aromatic N) is 3. The molecule has 34 heavy (non-hydrogen) atoms. The van der Waals surface area contributed by atoms with E-state index in [1.54, 1.807) is 0 Å². The average molecular weight is 436 g/mol. The van der Waals surface area contributed by atoms with Gasteiger partial charge in [-0.1, -0.05) is 66.7 Å². The van der Waals surface area contributed by atoms with Gasteiger partial charge < -0.3 is 4.57 Å². The number of rotatable bonds is 3. The van der Waals surface area contributed by atoms with Crippen molar-refractivity contribution in [3.05, 3.63) is 128 Å². The molecule has 0 spiro atoms. The van der Waals surface area contributed by atoms with Crippen LogP contribution in [0.15, 0.2) is 128 Å². The summed E-state index contributed by atoms with van der Waals surface area (Å²) in [6.07, 6.45) is 4.07. The number of benzene rings is 4. The molecule has 7 rings (SSSR count). The molecule has 160 valence electrons. The third kappa shape index (κ3) is 2.81. The molecular formula is C31H21N3. The third-order valence-electron chi connectivity index (χ3n) is 6.62. The van der Waals surface area contributed by atoms with Crippen molar-refractivity contribution >= 4 is 32.7 Å². The van der Waals surface area contributed by atoms with E-state index in [4.69, 9.17) is 4.98 Å². The second-order valence-electron chi connectivity index (χ2n) is 8.54. The molecule has 0 unspecified atom stereocenters. The van der Waals surface area contributed by atoms with Gasteiger partial charge in [0, 0.05) is 34.2 Å². The van der Waals surface area contributed by atoms with E-state index >= 15 is 0 Å². The highest BCUT2D eigenvalue weighted by Gasteiger charge is 2.17. The summed E-state index contributed by atoms with van der Waals surface area (Å²) in [6, 6.07) is 40.5. The lowest BCUT2D eigenvalue weighted by Crippen LogP contribution is -1.97. The highest BCUT2D eigenvalue weighted by molar-refractivity contribution is 6.21. The first-order valence-electron chi connectivity index (χ1n) is 11.5. The van der Waals surface area contributed by atoms with Crippen molar-refractivity contribution in [1.82, 2.24) is 14.1 Å². The zero-order valence-electron chi connectivity index (χ0n) is 18.5. The van der Waals surface area contributed by atoms with Crippen LogP contribution in [0.4, 0.5) is 0 Å². The van der Waals surface area contributed by atoms with Gasteiger partial charge in [0.25, 0.3) is 0 Å². The van der Waals surface area contributed by atoms with Crippen LogP contribution in [-0.4, -0.2) is 14.1 Å². The van der Waals surface area contributed by atoms with E-state index in [2.05, 4.69) is 125 Å². The van der Waals surface area contributed by atoms with E-state index < -0.39 is 0 Å². The lowest BCUT2D eigenvalue weighted by Gasteiger charge is -2.10. The van der Waals surface area contributed by atoms with E-state index in [-0.39, 0.29) is 0 Å². The number of para-hydroxylation sites is 2. The number of hydrogen-bond acceptors (Lipinski definition) is 1. The molecule has 3 heteroatoms. The van der Waals surface area contributed by atoms with Gasteiger partial charge in [-0.3, -0.25) is 4.57 Å². The maximum Gasteiger partial charge on any atom is 0.138 e. The van der Waals surface area contributed by atoms with Crippen LogP contribution in [0.2, 0.25) is 0 Å². The predicted molar refractivity (Wildman–Crippen MR) is 141 cm³/mol. The minimum Gasteiger partial charge on any atom is -0.317 e. The summed E-state index contributed by atoms with van der Waals surface area (Å²) in [4.78, 5) is 4.80. The maximum absolute atomic E-state index is 4.80. The van der Waals surface area contributed by atoms with E-state index in [1.807, 2.05) is 12.3 Å². The fraction of sp³-hybridized carbons (Fsp3) is 0. The molecule has 0 amide bonds. The molecule has 4 aromatic carbocycles. The Morgan fingerprint density at radius 3 is 2.09 bits per heavy atom. The molecule has 0 saturated heterocycles. The van der Waals surface area contributed by atoms with Crippen LogP contribution >= 0.6 is 0 Å². The molecule has 3 heterocycles. The zero-order valence-corrected chi connectivity index (χ0v) is 18.5. The van der Waals surface area contributed by atoms with E-state index in [9.17, 15) is 0 Å². The standard InChI is InChI=1S/C31H21N3/c1-3-9-22(10-4-1)23-17-19-32-30(21-23)34-28-14-8-7-13-25(28)31-26-18-20-33(24-11-5-2-6-12-24)27(26)15-16-29(31)34/h1-21H. The van der Waals surface area contributed by atoms with Crippen molar-refractivity contribution in [3.63, 3.8) is 0 Å². The minimum absolute atomic E-state index is 0.925. The lowest BCUT2D eigenvalue weighted by atomic mass is 10.1. The van der Waals surface area contributed by atoms with Crippen LogP contribution in [0.3, 0.4) is 0 Å². The molecule has 7 aromatic rings. The van der Waals surface area contributed by atoms with Gasteiger partial charge in [0.2, 0.25) is 0 Å². The fourth-order valence-electron chi connectivity index (χ4n) is 5.10. The van der Waals surface area contributed by atoms with Crippen molar-refractivity contribution in [1.29, 1.82) is 0 Å². The Labute approximate surface area is 197 Å². The van der Waals surface area contributed by atoms with Crippen molar-refractivity contribution in [2.75, 3.05) is 0 Å². The smallest absolute Gasteiger partial charge is 0.138 e. The van der Waals surface area contributed by atoms with Crippen LogP contribution in [0.1, 0.15) is 0 Å². The Balaban J connectivity index is 1.52. The summed E-state index contributed by atoms with van der Waals surface area (Å²) in [7, 11) is 0. The van der Waals surface area contributed by atoms with Crippen LogP contribution in [0.5, 0.6) is 0 Å². The molecule has 3 aromatic heterocycles. The summed E-state index contributed by atoms with van der Waals surface area (Å²) in [5, 5.41) is 3.74. The maximum atomic E-state index is 4.80. The highest BCUT2D eigenvalue weighted by atomic mass is 15.1. The molecule has 3 nitrogen and oxygen atoms in total. The van der Waals surface area contributed by atoms with Crippen LogP contribution < -0.4 is 0 Å². The SMILES string of the molecule is c1ccc(-c2ccnc(-n3c4ccccc4c4c5ccn(-c6ccccc6)c5ccc43)c2)cc1. The van der Waals surface area contributed by atoms with Crippen LogP contribution in [-0.2, 0) is 0 Å². The Hall–Kier alpha value is -4.63. The second kappa shape index (κ2) is 7.46. The van der Waals surface area contributed by atoms with Crippen molar-refractivity contribution in [2.45, 2.75) is 0 Å². The first-order valence-corrected chi connectivity index (χ1v) is 11.5. The van der Waals surface area contributed by atoms with E-state index in [0.29, 0.717) is 0 Å². The number of pyridine rings is 1. The third-order valence-corrected chi connectivity index (χ3v) is 6.62. The van der Waals surface area contributed by atoms with Crippen molar-refractivity contribution in [3.8, 4) is 22.6 Å². The predicted octanol–water partition coefficient (Wildman–Crippen LogP) is 7.79. The quantitative estimate of drug-likeness (QED) is 0.278. The van der Waals surface area contributed by atoms with Gasteiger partial charge in [0.15, 0.2) is 0 Å². The topological polar surface area (TPSA) is 22.8 Å². The summed E-state index contributed by atoms with van der Waals surface area (Å²) >= 11 is 0. The Morgan fingerprint density at radius 1 is 0.529 bits per heavy atom. The Kier molecular flexibility index (Phi) is 4.15. The molecule has 0 N–H and O–H groups in total. The van der Waals surface area contributed by atoms with E-state index in [1.165, 1.54) is 27.2 Å². The van der Waals surface area contributed by atoms with Gasteiger partial charge >= 0.3 is 0 Å². The normalized spacial score (nSPS) is 11.5. The average Bonchev–Trinajstić information content (AvgIpc) is 3.49. The molecule has 0 fully saturated rings. The summed E-state index contributed by atoms with van der Waals surface area (Å²) in [5.74, 6) is 0.925. The molecule has 0 aliphatic heterocycles. The van der Waals surface area contributed by atoms with Gasteiger partial charge in [-0.2, -0.15) is 0 Å². The van der Waals surface area contributed by atoms with Crippen molar-refractivity contribution in [2.24, 2.45) is 0 Å². The van der Waals surface area contributed by atoms with Gasteiger partial charge in [0.1, 0.15) is 5.82 Å².